The van der Waals surface area contributed by atoms with Crippen LogP contribution in [-0.4, -0.2) is 23.1 Å². The van der Waals surface area contributed by atoms with Crippen molar-refractivity contribution in [3.63, 3.8) is 0 Å². The van der Waals surface area contributed by atoms with Gasteiger partial charge >= 0.3 is 11.9 Å². The largest absolute Gasteiger partial charge is 0.436 e. The maximum Gasteiger partial charge on any atom is 0.331 e. The highest BCUT2D eigenvalue weighted by molar-refractivity contribution is 6.25. The summed E-state index contributed by atoms with van der Waals surface area (Å²) in [4.78, 5) is 10.3. The van der Waals surface area contributed by atoms with Gasteiger partial charge in [-0.25, -0.2) is 4.39 Å². The number of hydrogen-bond acceptors (Lipinski definition) is 2. The van der Waals surface area contributed by atoms with E-state index in [2.05, 4.69) is 4.74 Å². The molecule has 70 valence electrons. The molecule has 0 saturated heterocycles. The van der Waals surface area contributed by atoms with Crippen molar-refractivity contribution in [1.82, 2.24) is 0 Å². The fourth-order valence-corrected chi connectivity index (χ4v) is 1.30. The number of halogens is 4. The number of ether oxygens (including phenoxy) is 1. The molecule has 2 atom stereocenters. The molecule has 0 aromatic rings. The molecule has 1 rings (SSSR count). The van der Waals surface area contributed by atoms with Crippen molar-refractivity contribution in [3.8, 4) is 0 Å². The van der Waals surface area contributed by atoms with Crippen molar-refractivity contribution in [2.45, 2.75) is 30.5 Å². The van der Waals surface area contributed by atoms with E-state index in [4.69, 9.17) is 11.6 Å². The number of carbonyl (C=O) groups excluding carboxylic acids is 1. The molecule has 1 fully saturated rings. The van der Waals surface area contributed by atoms with Gasteiger partial charge < -0.3 is 4.74 Å². The van der Waals surface area contributed by atoms with Crippen molar-refractivity contribution < 1.29 is 22.7 Å². The highest BCUT2D eigenvalue weighted by Gasteiger charge is 2.72. The van der Waals surface area contributed by atoms with Gasteiger partial charge in [-0.05, 0) is 0 Å². The Bertz CT molecular complexity index is 221. The molecule has 0 N–H and O–H groups in total. The first-order valence-electron chi connectivity index (χ1n) is 3.20. The molecule has 0 amide bonds. The van der Waals surface area contributed by atoms with E-state index in [1.807, 2.05) is 0 Å². The van der Waals surface area contributed by atoms with Crippen molar-refractivity contribution in [1.29, 1.82) is 0 Å². The maximum atomic E-state index is 12.6. The number of carbonyl (C=O) groups is 1. The molecular weight excluding hydrogens is 197 g/mol. The summed E-state index contributed by atoms with van der Waals surface area (Å²) < 4.78 is 41.4. The molecule has 0 aromatic heterocycles. The van der Waals surface area contributed by atoms with Gasteiger partial charge in [0.2, 0.25) is 0 Å². The maximum absolute atomic E-state index is 12.6. The average molecular weight is 203 g/mol. The first-order chi connectivity index (χ1) is 5.29. The molecule has 1 aliphatic carbocycles. The third-order valence-electron chi connectivity index (χ3n) is 1.64. The van der Waals surface area contributed by atoms with Gasteiger partial charge in [0.05, 0.1) is 0 Å². The normalized spacial score (nSPS) is 38.6. The fourth-order valence-electron chi connectivity index (χ4n) is 0.935. The minimum atomic E-state index is -3.78. The molecule has 2 unspecified atom stereocenters. The highest BCUT2D eigenvalue weighted by atomic mass is 35.5. The van der Waals surface area contributed by atoms with Crippen LogP contribution in [-0.2, 0) is 9.53 Å². The SMILES string of the molecule is CC(=O)OC1(Cl)CC(F)C1(F)F. The van der Waals surface area contributed by atoms with E-state index in [1.165, 1.54) is 0 Å². The third-order valence-corrected chi connectivity index (χ3v) is 2.12. The molecule has 0 radical (unpaired) electrons. The number of hydrogen-bond donors (Lipinski definition) is 0. The molecule has 6 heteroatoms. The minimum absolute atomic E-state index is 0.666. The zero-order valence-corrected chi connectivity index (χ0v) is 6.87. The van der Waals surface area contributed by atoms with Crippen LogP contribution in [0, 0.1) is 0 Å². The summed E-state index contributed by atoms with van der Waals surface area (Å²) in [6.07, 6.45) is -2.99. The lowest BCUT2D eigenvalue weighted by molar-refractivity contribution is -0.260. The molecule has 1 saturated carbocycles. The van der Waals surface area contributed by atoms with Crippen LogP contribution in [0.1, 0.15) is 13.3 Å². The first kappa shape index (κ1) is 9.64. The second kappa shape index (κ2) is 2.52. The van der Waals surface area contributed by atoms with Crippen LogP contribution in [0.5, 0.6) is 0 Å². The van der Waals surface area contributed by atoms with Crippen molar-refractivity contribution in [3.05, 3.63) is 0 Å². The second-order valence-corrected chi connectivity index (χ2v) is 3.23. The summed E-state index contributed by atoms with van der Waals surface area (Å²) in [7, 11) is 0. The van der Waals surface area contributed by atoms with Crippen molar-refractivity contribution in [2.24, 2.45) is 0 Å². The molecular formula is C6H6ClF3O2. The van der Waals surface area contributed by atoms with Crippen LogP contribution in [0.4, 0.5) is 13.2 Å². The molecule has 0 spiro atoms. The van der Waals surface area contributed by atoms with E-state index >= 15 is 0 Å². The lowest BCUT2D eigenvalue weighted by atomic mass is 9.87. The van der Waals surface area contributed by atoms with E-state index in [0.717, 1.165) is 6.92 Å². The van der Waals surface area contributed by atoms with Crippen LogP contribution in [0.2, 0.25) is 0 Å². The molecule has 0 aliphatic heterocycles. The van der Waals surface area contributed by atoms with E-state index in [0.29, 0.717) is 0 Å². The van der Waals surface area contributed by atoms with Crippen molar-refractivity contribution in [2.75, 3.05) is 0 Å². The summed E-state index contributed by atoms with van der Waals surface area (Å²) >= 11 is 5.16. The van der Waals surface area contributed by atoms with Crippen LogP contribution in [0.15, 0.2) is 0 Å². The Morgan fingerprint density at radius 3 is 2.42 bits per heavy atom. The van der Waals surface area contributed by atoms with Crippen LogP contribution in [0.25, 0.3) is 0 Å². The van der Waals surface area contributed by atoms with Gasteiger partial charge in [0, 0.05) is 13.3 Å². The zero-order valence-electron chi connectivity index (χ0n) is 6.11. The molecule has 0 heterocycles. The van der Waals surface area contributed by atoms with E-state index in [1.54, 1.807) is 0 Å². The van der Waals surface area contributed by atoms with E-state index in [9.17, 15) is 18.0 Å². The zero-order chi connectivity index (χ0) is 9.57. The van der Waals surface area contributed by atoms with Crippen LogP contribution < -0.4 is 0 Å². The Balaban J connectivity index is 2.70. The number of rotatable bonds is 1. The van der Waals surface area contributed by atoms with Gasteiger partial charge in [-0.1, -0.05) is 11.6 Å². The Hall–Kier alpha value is -0.450. The predicted octanol–water partition coefficient (Wildman–Crippen LogP) is 1.86. The van der Waals surface area contributed by atoms with E-state index < -0.39 is 29.5 Å². The number of esters is 1. The molecule has 1 aliphatic rings. The molecule has 0 aromatic carbocycles. The first-order valence-corrected chi connectivity index (χ1v) is 3.58. The lowest BCUT2D eigenvalue weighted by Gasteiger charge is -2.45. The van der Waals surface area contributed by atoms with E-state index in [-0.39, 0.29) is 0 Å². The topological polar surface area (TPSA) is 26.3 Å². The standard InChI is InChI=1S/C6H6ClF3O2/c1-3(11)12-5(7)2-4(8)6(5,9)10/h4H,2H2,1H3. The quantitative estimate of drug-likeness (QED) is 0.479. The van der Waals surface area contributed by atoms with Gasteiger partial charge in [-0.2, -0.15) is 8.78 Å². The van der Waals surface area contributed by atoms with Crippen LogP contribution >= 0.6 is 11.6 Å². The Kier molecular flexibility index (Phi) is 2.02. The van der Waals surface area contributed by atoms with Crippen LogP contribution in [0.3, 0.4) is 0 Å². The minimum Gasteiger partial charge on any atom is -0.436 e. The summed E-state index contributed by atoms with van der Waals surface area (Å²) in [5, 5.41) is -2.47. The fraction of sp³-hybridized carbons (Fsp3) is 0.833. The monoisotopic (exact) mass is 202 g/mol. The predicted molar refractivity (Wildman–Crippen MR) is 34.8 cm³/mol. The number of alkyl halides is 4. The summed E-state index contributed by atoms with van der Waals surface area (Å²) in [6.45, 7) is 0.936. The molecule has 12 heavy (non-hydrogen) atoms. The highest BCUT2D eigenvalue weighted by Crippen LogP contribution is 2.54. The van der Waals surface area contributed by atoms with Gasteiger partial charge in [-0.15, -0.1) is 0 Å². The Morgan fingerprint density at radius 2 is 2.17 bits per heavy atom. The van der Waals surface area contributed by atoms with Crippen molar-refractivity contribution >= 4 is 17.6 Å². The Morgan fingerprint density at radius 1 is 1.67 bits per heavy atom. The van der Waals surface area contributed by atoms with Gasteiger partial charge in [-0.3, -0.25) is 4.79 Å². The summed E-state index contributed by atoms with van der Waals surface area (Å²) in [6, 6.07) is 0. The smallest absolute Gasteiger partial charge is 0.331 e. The van der Waals surface area contributed by atoms with Gasteiger partial charge in [0.15, 0.2) is 6.17 Å². The van der Waals surface area contributed by atoms with Gasteiger partial charge in [0.25, 0.3) is 5.06 Å². The lowest BCUT2D eigenvalue weighted by Crippen LogP contribution is -2.64. The summed E-state index contributed by atoms with van der Waals surface area (Å²) in [5.74, 6) is -4.73. The average Bonchev–Trinajstić information content (AvgIpc) is 1.85. The third kappa shape index (κ3) is 1.16. The summed E-state index contributed by atoms with van der Waals surface area (Å²) in [5.41, 5.74) is 0. The second-order valence-electron chi connectivity index (χ2n) is 2.62. The molecule has 2 nitrogen and oxygen atoms in total. The van der Waals surface area contributed by atoms with Gasteiger partial charge in [0.1, 0.15) is 0 Å². The Labute approximate surface area is 71.6 Å². The molecule has 0 bridgehead atoms.